The molecule has 0 aromatic rings. The van der Waals surface area contributed by atoms with Crippen LogP contribution in [0.5, 0.6) is 0 Å². The topological polar surface area (TPSA) is 68.1 Å². The normalized spacial score (nSPS) is 13.6. The number of hydrogen-bond donors (Lipinski definition) is 3. The molecule has 0 radical (unpaired) electrons. The van der Waals surface area contributed by atoms with E-state index in [-0.39, 0.29) is 6.61 Å². The Balaban J connectivity index is 0.000000791. The number of rotatable bonds is 3. The van der Waals surface area contributed by atoms with Crippen LogP contribution < -0.4 is 10.6 Å². The van der Waals surface area contributed by atoms with Crippen molar-refractivity contribution >= 4 is 0 Å². The molecule has 4 nitrogen and oxygen atoms in total. The van der Waals surface area contributed by atoms with Gasteiger partial charge in [0.2, 0.25) is 0 Å². The summed E-state index contributed by atoms with van der Waals surface area (Å²) in [6.45, 7) is 5.29. The summed E-state index contributed by atoms with van der Waals surface area (Å²) >= 11 is 0. The van der Waals surface area contributed by atoms with E-state index in [4.69, 9.17) is 10.4 Å². The highest BCUT2D eigenvalue weighted by Crippen LogP contribution is 1.99. The van der Waals surface area contributed by atoms with E-state index in [0.29, 0.717) is 18.8 Å². The molecule has 1 rings (SSSR count). The molecule has 0 atom stereocenters. The van der Waals surface area contributed by atoms with Crippen molar-refractivity contribution in [2.75, 3.05) is 19.7 Å². The summed E-state index contributed by atoms with van der Waals surface area (Å²) in [5, 5.41) is 22.9. The van der Waals surface area contributed by atoms with Gasteiger partial charge in [0.1, 0.15) is 11.8 Å². The fourth-order valence-corrected chi connectivity index (χ4v) is 0.907. The molecule has 0 aliphatic carbocycles. The molecule has 0 spiro atoms. The van der Waals surface area contributed by atoms with E-state index in [2.05, 4.69) is 10.6 Å². The number of aliphatic hydroxyl groups is 1. The monoisotopic (exact) mass is 195 g/mol. The van der Waals surface area contributed by atoms with Crippen molar-refractivity contribution in [1.29, 1.82) is 5.26 Å². The first-order chi connectivity index (χ1) is 6.86. The van der Waals surface area contributed by atoms with Crippen molar-refractivity contribution in [3.05, 3.63) is 23.5 Å². The Morgan fingerprint density at radius 3 is 2.71 bits per heavy atom. The predicted octanol–water partition coefficient (Wildman–Crippen LogP) is 0.489. The Kier molecular flexibility index (Phi) is 7.29. The second kappa shape index (κ2) is 8.14. The van der Waals surface area contributed by atoms with E-state index in [1.54, 1.807) is 6.08 Å². The SMILES string of the molecule is CC.N#CC1=CC=C(NCCO)CN1. The van der Waals surface area contributed by atoms with Crippen LogP contribution in [0.1, 0.15) is 13.8 Å². The van der Waals surface area contributed by atoms with Gasteiger partial charge < -0.3 is 15.7 Å². The van der Waals surface area contributed by atoms with Gasteiger partial charge in [0.05, 0.1) is 13.2 Å². The van der Waals surface area contributed by atoms with Crippen LogP contribution in [0, 0.1) is 11.3 Å². The lowest BCUT2D eigenvalue weighted by molar-refractivity contribution is 0.296. The lowest BCUT2D eigenvalue weighted by Crippen LogP contribution is -2.28. The van der Waals surface area contributed by atoms with E-state index in [1.165, 1.54) is 0 Å². The highest BCUT2D eigenvalue weighted by Gasteiger charge is 2.02. The van der Waals surface area contributed by atoms with E-state index in [9.17, 15) is 0 Å². The van der Waals surface area contributed by atoms with Gasteiger partial charge in [-0.3, -0.25) is 0 Å². The van der Waals surface area contributed by atoms with E-state index < -0.39 is 0 Å². The molecule has 1 aliphatic heterocycles. The standard InChI is InChI=1S/C8H11N3O.C2H6/c9-5-7-1-2-8(6-11-7)10-3-4-12;1-2/h1-2,10-12H,3-4,6H2;1-2H3. The Morgan fingerprint density at radius 2 is 2.29 bits per heavy atom. The molecule has 0 saturated heterocycles. The third-order valence-electron chi connectivity index (χ3n) is 1.50. The molecule has 0 amide bonds. The molecule has 3 N–H and O–H groups in total. The maximum atomic E-state index is 8.52. The number of nitriles is 1. The predicted molar refractivity (Wildman–Crippen MR) is 56.2 cm³/mol. The van der Waals surface area contributed by atoms with Crippen molar-refractivity contribution in [2.45, 2.75) is 13.8 Å². The third-order valence-corrected chi connectivity index (χ3v) is 1.50. The molecular weight excluding hydrogens is 178 g/mol. The second-order valence-corrected chi connectivity index (χ2v) is 2.39. The molecular formula is C10H17N3O. The van der Waals surface area contributed by atoms with Gasteiger partial charge in [0, 0.05) is 12.2 Å². The number of hydrogen-bond acceptors (Lipinski definition) is 4. The maximum Gasteiger partial charge on any atom is 0.117 e. The average molecular weight is 195 g/mol. The second-order valence-electron chi connectivity index (χ2n) is 2.39. The number of nitrogens with one attached hydrogen (secondary N) is 2. The third kappa shape index (κ3) is 4.53. The molecule has 0 aromatic carbocycles. The number of allylic oxidation sites excluding steroid dienone is 3. The molecule has 14 heavy (non-hydrogen) atoms. The van der Waals surface area contributed by atoms with Gasteiger partial charge in [-0.1, -0.05) is 13.8 Å². The average Bonchev–Trinajstić information content (AvgIpc) is 2.30. The van der Waals surface area contributed by atoms with Crippen molar-refractivity contribution < 1.29 is 5.11 Å². The van der Waals surface area contributed by atoms with Crippen molar-refractivity contribution in [3.63, 3.8) is 0 Å². The highest BCUT2D eigenvalue weighted by molar-refractivity contribution is 5.30. The molecule has 78 valence electrons. The summed E-state index contributed by atoms with van der Waals surface area (Å²) in [6, 6.07) is 2.01. The van der Waals surface area contributed by atoms with Gasteiger partial charge >= 0.3 is 0 Å². The summed E-state index contributed by atoms with van der Waals surface area (Å²) in [4.78, 5) is 0. The number of nitrogens with zero attached hydrogens (tertiary/aromatic N) is 1. The van der Waals surface area contributed by atoms with Crippen LogP contribution in [-0.2, 0) is 0 Å². The smallest absolute Gasteiger partial charge is 0.117 e. The zero-order valence-corrected chi connectivity index (χ0v) is 8.67. The van der Waals surface area contributed by atoms with Gasteiger partial charge in [-0.15, -0.1) is 0 Å². The number of aliphatic hydroxyl groups excluding tert-OH is 1. The highest BCUT2D eigenvalue weighted by atomic mass is 16.3. The molecule has 0 fully saturated rings. The molecule has 1 heterocycles. The van der Waals surface area contributed by atoms with Gasteiger partial charge in [0.15, 0.2) is 0 Å². The largest absolute Gasteiger partial charge is 0.395 e. The van der Waals surface area contributed by atoms with Crippen LogP contribution in [0.25, 0.3) is 0 Å². The van der Waals surface area contributed by atoms with Crippen molar-refractivity contribution in [1.82, 2.24) is 10.6 Å². The van der Waals surface area contributed by atoms with Crippen LogP contribution in [0.15, 0.2) is 23.5 Å². The van der Waals surface area contributed by atoms with Crippen LogP contribution in [0.3, 0.4) is 0 Å². The Bertz CT molecular complexity index is 251. The van der Waals surface area contributed by atoms with Gasteiger partial charge in [-0.25, -0.2) is 0 Å². The molecule has 0 saturated carbocycles. The first kappa shape index (κ1) is 12.5. The Labute approximate surface area is 84.9 Å². The zero-order chi connectivity index (χ0) is 10.8. The quantitative estimate of drug-likeness (QED) is 0.613. The number of dihydropyridines is 1. The molecule has 0 aromatic heterocycles. The lowest BCUT2D eigenvalue weighted by Gasteiger charge is -2.14. The van der Waals surface area contributed by atoms with Crippen LogP contribution >= 0.6 is 0 Å². The fourth-order valence-electron chi connectivity index (χ4n) is 0.907. The van der Waals surface area contributed by atoms with E-state index >= 15 is 0 Å². The van der Waals surface area contributed by atoms with Gasteiger partial charge in [-0.05, 0) is 12.2 Å². The zero-order valence-electron chi connectivity index (χ0n) is 8.67. The fraction of sp³-hybridized carbons (Fsp3) is 0.500. The first-order valence-electron chi connectivity index (χ1n) is 4.76. The Hall–Kier alpha value is -1.47. The summed E-state index contributed by atoms with van der Waals surface area (Å²) in [5.41, 5.74) is 1.56. The molecule has 4 heteroatoms. The van der Waals surface area contributed by atoms with Crippen LogP contribution in [0.2, 0.25) is 0 Å². The minimum Gasteiger partial charge on any atom is -0.395 e. The minimum absolute atomic E-state index is 0.117. The summed E-state index contributed by atoms with van der Waals surface area (Å²) < 4.78 is 0. The van der Waals surface area contributed by atoms with E-state index in [1.807, 2.05) is 26.0 Å². The van der Waals surface area contributed by atoms with Gasteiger partial charge in [0.25, 0.3) is 0 Å². The lowest BCUT2D eigenvalue weighted by atomic mass is 10.2. The summed E-state index contributed by atoms with van der Waals surface area (Å²) in [6.07, 6.45) is 3.55. The van der Waals surface area contributed by atoms with Crippen molar-refractivity contribution in [2.24, 2.45) is 0 Å². The van der Waals surface area contributed by atoms with E-state index in [0.717, 1.165) is 5.70 Å². The maximum absolute atomic E-state index is 8.52. The summed E-state index contributed by atoms with van der Waals surface area (Å²) in [7, 11) is 0. The first-order valence-corrected chi connectivity index (χ1v) is 4.76. The molecule has 1 aliphatic rings. The molecule has 0 bridgehead atoms. The molecule has 0 unspecified atom stereocenters. The van der Waals surface area contributed by atoms with Crippen molar-refractivity contribution in [3.8, 4) is 6.07 Å². The van der Waals surface area contributed by atoms with Crippen LogP contribution in [0.4, 0.5) is 0 Å². The Morgan fingerprint density at radius 1 is 1.57 bits per heavy atom. The summed E-state index contributed by atoms with van der Waals surface area (Å²) in [5.74, 6) is 0. The van der Waals surface area contributed by atoms with Crippen LogP contribution in [-0.4, -0.2) is 24.8 Å². The minimum atomic E-state index is 0.117. The van der Waals surface area contributed by atoms with Gasteiger partial charge in [-0.2, -0.15) is 5.26 Å².